The third-order valence-electron chi connectivity index (χ3n) is 2.41. The average Bonchev–Trinajstić information content (AvgIpc) is 2.37. The molecule has 6 heteroatoms. The van der Waals surface area contributed by atoms with Gasteiger partial charge in [0.2, 0.25) is 5.91 Å². The summed E-state index contributed by atoms with van der Waals surface area (Å²) in [6, 6.07) is 0. The quantitative estimate of drug-likeness (QED) is 0.291. The van der Waals surface area contributed by atoms with Gasteiger partial charge in [-0.25, -0.2) is 0 Å². The summed E-state index contributed by atoms with van der Waals surface area (Å²) in [4.78, 5) is 15.7. The molecule has 0 bridgehead atoms. The van der Waals surface area contributed by atoms with Crippen LogP contribution in [0, 0.1) is 0 Å². The molecule has 0 aromatic carbocycles. The molecule has 2 unspecified atom stereocenters. The molecule has 0 aromatic rings. The zero-order valence-electron chi connectivity index (χ0n) is 7.30. The van der Waals surface area contributed by atoms with E-state index in [0.29, 0.717) is 18.3 Å². The molecule has 2 aliphatic heterocycles. The highest BCUT2D eigenvalue weighted by Crippen LogP contribution is 2.46. The maximum atomic E-state index is 11.1. The van der Waals surface area contributed by atoms with Gasteiger partial charge in [-0.3, -0.25) is 4.79 Å². The van der Waals surface area contributed by atoms with E-state index in [-0.39, 0.29) is 10.7 Å². The predicted molar refractivity (Wildman–Crippen MR) is 50.1 cm³/mol. The standard InChI is InChI=1S/C7H10N4OS/c1-7(3-9-10-8)4-11-5(12)2-6(11)13-7/h6H,2-4H2,1H3. The first-order valence-electron chi connectivity index (χ1n) is 4.13. The van der Waals surface area contributed by atoms with Crippen LogP contribution in [-0.4, -0.2) is 34.0 Å². The third-order valence-corrected chi connectivity index (χ3v) is 3.93. The van der Waals surface area contributed by atoms with Crippen molar-refractivity contribution in [3.05, 3.63) is 10.4 Å². The molecule has 0 N–H and O–H groups in total. The van der Waals surface area contributed by atoms with Gasteiger partial charge in [-0.15, -0.1) is 11.8 Å². The van der Waals surface area contributed by atoms with Gasteiger partial charge in [0.1, 0.15) is 0 Å². The van der Waals surface area contributed by atoms with Gasteiger partial charge in [0.25, 0.3) is 0 Å². The van der Waals surface area contributed by atoms with Crippen LogP contribution in [-0.2, 0) is 4.79 Å². The van der Waals surface area contributed by atoms with Crippen LogP contribution in [0.2, 0.25) is 0 Å². The van der Waals surface area contributed by atoms with E-state index in [4.69, 9.17) is 5.53 Å². The molecule has 70 valence electrons. The molecule has 2 fully saturated rings. The lowest BCUT2D eigenvalue weighted by Crippen LogP contribution is -2.48. The van der Waals surface area contributed by atoms with Crippen LogP contribution in [0.5, 0.6) is 0 Å². The Balaban J connectivity index is 2.03. The lowest BCUT2D eigenvalue weighted by atomic mass is 10.1. The Labute approximate surface area is 80.1 Å². The lowest BCUT2D eigenvalue weighted by molar-refractivity contribution is -0.140. The number of carbonyl (C=O) groups is 1. The van der Waals surface area contributed by atoms with Gasteiger partial charge >= 0.3 is 0 Å². The van der Waals surface area contributed by atoms with Crippen molar-refractivity contribution in [3.8, 4) is 0 Å². The molecular weight excluding hydrogens is 188 g/mol. The molecule has 0 aromatic heterocycles. The largest absolute Gasteiger partial charge is 0.329 e. The molecule has 2 aliphatic rings. The van der Waals surface area contributed by atoms with Gasteiger partial charge in [0.05, 0.1) is 11.8 Å². The first kappa shape index (κ1) is 8.72. The van der Waals surface area contributed by atoms with Gasteiger partial charge in [0, 0.05) is 22.7 Å². The van der Waals surface area contributed by atoms with E-state index >= 15 is 0 Å². The van der Waals surface area contributed by atoms with E-state index < -0.39 is 0 Å². The van der Waals surface area contributed by atoms with E-state index in [0.717, 1.165) is 6.54 Å². The topological polar surface area (TPSA) is 69.1 Å². The van der Waals surface area contributed by atoms with E-state index in [9.17, 15) is 4.79 Å². The first-order chi connectivity index (χ1) is 6.14. The second-order valence-electron chi connectivity index (χ2n) is 3.64. The van der Waals surface area contributed by atoms with Crippen molar-refractivity contribution < 1.29 is 4.79 Å². The van der Waals surface area contributed by atoms with Gasteiger partial charge in [-0.2, -0.15) is 0 Å². The average molecular weight is 198 g/mol. The molecule has 0 spiro atoms. The zero-order chi connectivity index (χ0) is 9.47. The fourth-order valence-corrected chi connectivity index (χ4v) is 3.26. The molecule has 2 rings (SSSR count). The Morgan fingerprint density at radius 2 is 2.69 bits per heavy atom. The van der Waals surface area contributed by atoms with Crippen LogP contribution >= 0.6 is 11.8 Å². The van der Waals surface area contributed by atoms with Crippen LogP contribution in [0.15, 0.2) is 5.11 Å². The van der Waals surface area contributed by atoms with Crippen LogP contribution in [0.25, 0.3) is 10.4 Å². The third kappa shape index (κ3) is 1.36. The Kier molecular flexibility index (Phi) is 1.89. The van der Waals surface area contributed by atoms with Crippen molar-refractivity contribution >= 4 is 17.7 Å². The molecule has 5 nitrogen and oxygen atoms in total. The minimum atomic E-state index is -0.0664. The molecular formula is C7H10N4OS. The number of azide groups is 1. The smallest absolute Gasteiger partial charge is 0.226 e. The number of β-lactam (4-membered cyclic amide) rings is 1. The lowest BCUT2D eigenvalue weighted by Gasteiger charge is -2.32. The summed E-state index contributed by atoms with van der Waals surface area (Å²) in [5.74, 6) is 0.224. The molecule has 0 saturated carbocycles. The zero-order valence-corrected chi connectivity index (χ0v) is 8.12. The number of amides is 1. The van der Waals surface area contributed by atoms with Gasteiger partial charge < -0.3 is 4.90 Å². The summed E-state index contributed by atoms with van der Waals surface area (Å²) < 4.78 is -0.0664. The molecule has 2 heterocycles. The first-order valence-corrected chi connectivity index (χ1v) is 5.01. The molecule has 0 radical (unpaired) electrons. The maximum absolute atomic E-state index is 11.1. The number of hydrogen-bond donors (Lipinski definition) is 0. The van der Waals surface area contributed by atoms with Crippen LogP contribution in [0.3, 0.4) is 0 Å². The van der Waals surface area contributed by atoms with Crippen LogP contribution in [0.4, 0.5) is 0 Å². The number of thioether (sulfide) groups is 1. The summed E-state index contributed by atoms with van der Waals surface area (Å²) in [5, 5.41) is 3.91. The normalized spacial score (nSPS) is 36.5. The Morgan fingerprint density at radius 3 is 3.23 bits per heavy atom. The summed E-state index contributed by atoms with van der Waals surface area (Å²) >= 11 is 1.75. The van der Waals surface area contributed by atoms with Crippen molar-refractivity contribution in [2.24, 2.45) is 5.11 Å². The van der Waals surface area contributed by atoms with Gasteiger partial charge in [-0.1, -0.05) is 5.11 Å². The minimum absolute atomic E-state index is 0.0664. The summed E-state index contributed by atoms with van der Waals surface area (Å²) in [7, 11) is 0. The number of carbonyl (C=O) groups excluding carboxylic acids is 1. The number of nitrogens with zero attached hydrogens (tertiary/aromatic N) is 4. The molecule has 1 amide bonds. The van der Waals surface area contributed by atoms with E-state index in [1.807, 2.05) is 11.8 Å². The summed E-state index contributed by atoms with van der Waals surface area (Å²) in [6.45, 7) is 3.23. The molecule has 2 atom stereocenters. The highest BCUT2D eigenvalue weighted by atomic mass is 32.2. The molecule has 13 heavy (non-hydrogen) atoms. The van der Waals surface area contributed by atoms with Crippen LogP contribution in [0.1, 0.15) is 13.3 Å². The second-order valence-corrected chi connectivity index (χ2v) is 5.40. The van der Waals surface area contributed by atoms with Crippen molar-refractivity contribution in [1.82, 2.24) is 4.90 Å². The highest BCUT2D eigenvalue weighted by molar-refractivity contribution is 8.01. The number of fused-ring (bicyclic) bond motifs is 1. The highest BCUT2D eigenvalue weighted by Gasteiger charge is 2.49. The SMILES string of the molecule is CC1(CN=[N+]=[N-])CN2C(=O)CC2S1. The molecule has 2 saturated heterocycles. The Morgan fingerprint density at radius 1 is 1.92 bits per heavy atom. The Hall–Kier alpha value is -0.870. The molecule has 0 aliphatic carbocycles. The second kappa shape index (κ2) is 2.82. The van der Waals surface area contributed by atoms with Crippen molar-refractivity contribution in [3.63, 3.8) is 0 Å². The van der Waals surface area contributed by atoms with Crippen molar-refractivity contribution in [2.45, 2.75) is 23.5 Å². The Bertz CT molecular complexity index is 301. The summed E-state index contributed by atoms with van der Waals surface area (Å²) in [6.07, 6.45) is 0.649. The predicted octanol–water partition coefficient (Wildman–Crippen LogP) is 1.36. The maximum Gasteiger partial charge on any atom is 0.226 e. The van der Waals surface area contributed by atoms with E-state index in [1.165, 1.54) is 0 Å². The fraction of sp³-hybridized carbons (Fsp3) is 0.857. The van der Waals surface area contributed by atoms with Gasteiger partial charge in [-0.05, 0) is 12.5 Å². The number of rotatable bonds is 2. The monoisotopic (exact) mass is 198 g/mol. The van der Waals surface area contributed by atoms with E-state index in [2.05, 4.69) is 10.0 Å². The van der Waals surface area contributed by atoms with E-state index in [1.54, 1.807) is 11.8 Å². The summed E-state index contributed by atoms with van der Waals surface area (Å²) in [5.41, 5.74) is 8.21. The number of hydrogen-bond acceptors (Lipinski definition) is 3. The van der Waals surface area contributed by atoms with Crippen molar-refractivity contribution in [2.75, 3.05) is 13.1 Å². The minimum Gasteiger partial charge on any atom is -0.329 e. The van der Waals surface area contributed by atoms with Crippen molar-refractivity contribution in [1.29, 1.82) is 0 Å². The fourth-order valence-electron chi connectivity index (χ4n) is 1.71. The van der Waals surface area contributed by atoms with Gasteiger partial charge in [0.15, 0.2) is 0 Å². The van der Waals surface area contributed by atoms with Crippen LogP contribution < -0.4 is 0 Å².